The molecule has 6 heteroatoms. The van der Waals surface area contributed by atoms with Crippen molar-refractivity contribution in [1.29, 1.82) is 0 Å². The van der Waals surface area contributed by atoms with Crippen molar-refractivity contribution < 1.29 is 14.4 Å². The van der Waals surface area contributed by atoms with Crippen molar-refractivity contribution in [2.75, 3.05) is 25.1 Å². The van der Waals surface area contributed by atoms with Crippen molar-refractivity contribution >= 4 is 17.5 Å². The van der Waals surface area contributed by atoms with E-state index in [9.17, 15) is 9.59 Å². The maximum Gasteiger partial charge on any atom is 0.244 e. The lowest BCUT2D eigenvalue weighted by molar-refractivity contribution is -0.133. The highest BCUT2D eigenvalue weighted by Gasteiger charge is 2.41. The number of para-hydroxylation sites is 1. The van der Waals surface area contributed by atoms with E-state index in [1.165, 1.54) is 7.11 Å². The van der Waals surface area contributed by atoms with E-state index in [4.69, 9.17) is 0 Å². The number of fused-ring (bicyclic) bond motifs is 1. The van der Waals surface area contributed by atoms with Gasteiger partial charge in [0.25, 0.3) is 0 Å². The second-order valence-electron chi connectivity index (χ2n) is 5.73. The fourth-order valence-corrected chi connectivity index (χ4v) is 3.40. The summed E-state index contributed by atoms with van der Waals surface area (Å²) in [6, 6.07) is 7.99. The highest BCUT2D eigenvalue weighted by Crippen LogP contribution is 2.41. The number of piperidine rings is 1. The zero-order chi connectivity index (χ0) is 15.5. The molecular formula is C16H21N3O3. The molecule has 6 nitrogen and oxygen atoms in total. The normalized spacial score (nSPS) is 21.8. The van der Waals surface area contributed by atoms with Gasteiger partial charge in [-0.1, -0.05) is 18.2 Å². The number of carbonyl (C=O) groups is 2. The Balaban J connectivity index is 1.87. The van der Waals surface area contributed by atoms with Gasteiger partial charge in [0, 0.05) is 18.2 Å². The van der Waals surface area contributed by atoms with Crippen molar-refractivity contribution in [3.63, 3.8) is 0 Å². The minimum Gasteiger partial charge on any atom is -0.317 e. The van der Waals surface area contributed by atoms with E-state index in [2.05, 4.69) is 15.6 Å². The van der Waals surface area contributed by atoms with E-state index >= 15 is 0 Å². The number of hydrogen-bond acceptors (Lipinski definition) is 4. The highest BCUT2D eigenvalue weighted by molar-refractivity contribution is 6.07. The summed E-state index contributed by atoms with van der Waals surface area (Å²) in [5.74, 6) is -0.664. The number of hydrogen-bond donors (Lipinski definition) is 2. The van der Waals surface area contributed by atoms with Gasteiger partial charge in [0.05, 0.1) is 13.0 Å². The first-order valence-corrected chi connectivity index (χ1v) is 7.67. The summed E-state index contributed by atoms with van der Waals surface area (Å²) in [5, 5.41) is 3.32. The quantitative estimate of drug-likeness (QED) is 0.812. The van der Waals surface area contributed by atoms with E-state index in [-0.39, 0.29) is 24.3 Å². The fourth-order valence-electron chi connectivity index (χ4n) is 3.40. The summed E-state index contributed by atoms with van der Waals surface area (Å²) in [4.78, 5) is 31.3. The number of amides is 2. The molecule has 2 heterocycles. The molecule has 2 aliphatic heterocycles. The molecule has 2 N–H and O–H groups in total. The Morgan fingerprint density at radius 3 is 2.82 bits per heavy atom. The molecule has 22 heavy (non-hydrogen) atoms. The van der Waals surface area contributed by atoms with Crippen LogP contribution in [-0.4, -0.2) is 38.1 Å². The first kappa shape index (κ1) is 15.0. The predicted octanol–water partition coefficient (Wildman–Crippen LogP) is 0.936. The molecule has 0 aliphatic carbocycles. The lowest BCUT2D eigenvalue weighted by Gasteiger charge is -2.32. The molecule has 1 aromatic rings. The maximum absolute atomic E-state index is 12.9. The van der Waals surface area contributed by atoms with E-state index < -0.39 is 5.92 Å². The van der Waals surface area contributed by atoms with Crippen LogP contribution in [0, 0.1) is 0 Å². The SMILES string of the molecule is CONC(=O)CC1C(=O)N(C2CCNCC2)c2ccccc21. The van der Waals surface area contributed by atoms with E-state index in [0.29, 0.717) is 0 Å². The van der Waals surface area contributed by atoms with Crippen LogP contribution in [-0.2, 0) is 14.4 Å². The lowest BCUT2D eigenvalue weighted by Crippen LogP contribution is -2.45. The van der Waals surface area contributed by atoms with Crippen LogP contribution in [0.2, 0.25) is 0 Å². The number of hydroxylamine groups is 1. The van der Waals surface area contributed by atoms with Crippen molar-refractivity contribution in [2.24, 2.45) is 0 Å². The number of nitrogens with zero attached hydrogens (tertiary/aromatic N) is 1. The van der Waals surface area contributed by atoms with Gasteiger partial charge in [-0.2, -0.15) is 0 Å². The topological polar surface area (TPSA) is 70.7 Å². The standard InChI is InChI=1S/C16H21N3O3/c1-22-18-15(20)10-13-12-4-2-3-5-14(12)19(16(13)21)11-6-8-17-9-7-11/h2-5,11,13,17H,6-10H2,1H3,(H,18,20). The number of anilines is 1. The van der Waals surface area contributed by atoms with Crippen LogP contribution < -0.4 is 15.7 Å². The number of carbonyl (C=O) groups excluding carboxylic acids is 2. The smallest absolute Gasteiger partial charge is 0.244 e. The molecule has 118 valence electrons. The molecule has 2 aliphatic rings. The molecule has 0 radical (unpaired) electrons. The number of nitrogens with one attached hydrogen (secondary N) is 2. The van der Waals surface area contributed by atoms with Gasteiger partial charge < -0.3 is 10.2 Å². The zero-order valence-electron chi connectivity index (χ0n) is 12.7. The summed E-state index contributed by atoms with van der Waals surface area (Å²) in [5.41, 5.74) is 4.19. The first-order chi connectivity index (χ1) is 10.7. The Labute approximate surface area is 129 Å². The lowest BCUT2D eigenvalue weighted by atomic mass is 9.97. The van der Waals surface area contributed by atoms with Crippen molar-refractivity contribution in [1.82, 2.24) is 10.8 Å². The van der Waals surface area contributed by atoms with Gasteiger partial charge in [0.1, 0.15) is 0 Å². The van der Waals surface area contributed by atoms with Gasteiger partial charge in [0.2, 0.25) is 11.8 Å². The minimum absolute atomic E-state index is 0.0272. The first-order valence-electron chi connectivity index (χ1n) is 7.67. The van der Waals surface area contributed by atoms with Gasteiger partial charge in [-0.25, -0.2) is 5.48 Å². The number of rotatable bonds is 4. The van der Waals surface area contributed by atoms with Crippen molar-refractivity contribution in [2.45, 2.75) is 31.2 Å². The molecule has 1 unspecified atom stereocenters. The Bertz CT molecular complexity index is 570. The van der Waals surface area contributed by atoms with Crippen LogP contribution in [0.5, 0.6) is 0 Å². The van der Waals surface area contributed by atoms with Gasteiger partial charge >= 0.3 is 0 Å². The molecule has 2 amide bonds. The maximum atomic E-state index is 12.9. The van der Waals surface area contributed by atoms with Crippen molar-refractivity contribution in [3.05, 3.63) is 29.8 Å². The number of benzene rings is 1. The molecule has 1 aromatic carbocycles. The summed E-state index contributed by atoms with van der Waals surface area (Å²) in [6.07, 6.45) is 2.00. The molecule has 0 bridgehead atoms. The summed E-state index contributed by atoms with van der Waals surface area (Å²) < 4.78 is 0. The molecule has 1 saturated heterocycles. The average Bonchev–Trinajstić information content (AvgIpc) is 2.81. The van der Waals surface area contributed by atoms with Gasteiger partial charge in [0.15, 0.2) is 0 Å². The molecule has 0 aromatic heterocycles. The molecule has 0 saturated carbocycles. The predicted molar refractivity (Wildman–Crippen MR) is 82.3 cm³/mol. The van der Waals surface area contributed by atoms with Crippen LogP contribution >= 0.6 is 0 Å². The second kappa shape index (κ2) is 6.46. The Morgan fingerprint density at radius 1 is 1.36 bits per heavy atom. The monoisotopic (exact) mass is 303 g/mol. The highest BCUT2D eigenvalue weighted by atomic mass is 16.6. The van der Waals surface area contributed by atoms with E-state index in [0.717, 1.165) is 37.2 Å². The second-order valence-corrected chi connectivity index (χ2v) is 5.73. The fraction of sp³-hybridized carbons (Fsp3) is 0.500. The third-order valence-electron chi connectivity index (χ3n) is 4.39. The minimum atomic E-state index is -0.416. The molecule has 0 spiro atoms. The summed E-state index contributed by atoms with van der Waals surface area (Å²) >= 11 is 0. The third-order valence-corrected chi connectivity index (χ3v) is 4.39. The Hall–Kier alpha value is -1.92. The van der Waals surface area contributed by atoms with Gasteiger partial charge in [-0.3, -0.25) is 14.4 Å². The Morgan fingerprint density at radius 2 is 2.09 bits per heavy atom. The van der Waals surface area contributed by atoms with Gasteiger partial charge in [-0.05, 0) is 37.6 Å². The molecular weight excluding hydrogens is 282 g/mol. The van der Waals surface area contributed by atoms with E-state index in [1.54, 1.807) is 0 Å². The molecule has 3 rings (SSSR count). The average molecular weight is 303 g/mol. The van der Waals surface area contributed by atoms with Crippen LogP contribution in [0.25, 0.3) is 0 Å². The third kappa shape index (κ3) is 2.71. The van der Waals surface area contributed by atoms with Crippen LogP contribution in [0.3, 0.4) is 0 Å². The zero-order valence-corrected chi connectivity index (χ0v) is 12.7. The Kier molecular flexibility index (Phi) is 4.40. The van der Waals surface area contributed by atoms with Crippen LogP contribution in [0.15, 0.2) is 24.3 Å². The molecule has 1 fully saturated rings. The summed E-state index contributed by atoms with van der Waals surface area (Å²) in [6.45, 7) is 1.84. The van der Waals surface area contributed by atoms with Crippen molar-refractivity contribution in [3.8, 4) is 0 Å². The van der Waals surface area contributed by atoms with Crippen LogP contribution in [0.4, 0.5) is 5.69 Å². The van der Waals surface area contributed by atoms with Crippen LogP contribution in [0.1, 0.15) is 30.7 Å². The largest absolute Gasteiger partial charge is 0.317 e. The van der Waals surface area contributed by atoms with Gasteiger partial charge in [-0.15, -0.1) is 0 Å². The summed E-state index contributed by atoms with van der Waals surface area (Å²) in [7, 11) is 1.39. The molecule has 1 atom stereocenters. The van der Waals surface area contributed by atoms with E-state index in [1.807, 2.05) is 29.2 Å².